The van der Waals surface area contributed by atoms with Gasteiger partial charge >= 0.3 is 12.1 Å². The van der Waals surface area contributed by atoms with Crippen molar-refractivity contribution in [1.29, 1.82) is 0 Å². The van der Waals surface area contributed by atoms with Crippen LogP contribution in [0.15, 0.2) is 61.2 Å². The highest BCUT2D eigenvalue weighted by Gasteiger charge is 2.28. The molecule has 12 heteroatoms. The third-order valence-corrected chi connectivity index (χ3v) is 6.95. The molecule has 12 nitrogen and oxygen atoms in total. The Morgan fingerprint density at radius 1 is 0.574 bits per heavy atom. The van der Waals surface area contributed by atoms with Crippen LogP contribution in [0.4, 0.5) is 4.79 Å². The molecular weight excluding hydrogens is 610 g/mol. The number of ether oxygens (including phenoxy) is 9. The fourth-order valence-electron chi connectivity index (χ4n) is 4.70. The van der Waals surface area contributed by atoms with E-state index < -0.39 is 12.1 Å². The third-order valence-electron chi connectivity index (χ3n) is 6.95. The van der Waals surface area contributed by atoms with Crippen LogP contribution in [0.3, 0.4) is 0 Å². The van der Waals surface area contributed by atoms with E-state index >= 15 is 0 Å². The summed E-state index contributed by atoms with van der Waals surface area (Å²) in [5, 5.41) is 2.80. The van der Waals surface area contributed by atoms with Gasteiger partial charge in [-0.3, -0.25) is 0 Å². The molecule has 0 atom stereocenters. The molecule has 1 aliphatic rings. The van der Waals surface area contributed by atoms with Crippen molar-refractivity contribution in [2.75, 3.05) is 112 Å². The number of esters is 1. The predicted octanol–water partition coefficient (Wildman–Crippen LogP) is 3.76. The number of rotatable bonds is 28. The van der Waals surface area contributed by atoms with Crippen LogP contribution in [0.2, 0.25) is 0 Å². The van der Waals surface area contributed by atoms with E-state index in [2.05, 4.69) is 36.2 Å². The zero-order valence-electron chi connectivity index (χ0n) is 27.2. The van der Waals surface area contributed by atoms with Crippen LogP contribution in [0.25, 0.3) is 11.1 Å². The van der Waals surface area contributed by atoms with E-state index in [0.29, 0.717) is 112 Å². The summed E-state index contributed by atoms with van der Waals surface area (Å²) >= 11 is 0. The molecule has 0 aliphatic heterocycles. The van der Waals surface area contributed by atoms with Gasteiger partial charge in [-0.05, 0) is 28.7 Å². The smallest absolute Gasteiger partial charge is 0.407 e. The van der Waals surface area contributed by atoms with Crippen LogP contribution < -0.4 is 5.32 Å². The zero-order chi connectivity index (χ0) is 33.2. The SMILES string of the molecule is C=CC(=O)OCCOCCOCCOCCOCCOCCOCCOCCCNC(=O)OCC1c2ccccc2-c2ccccc21. The van der Waals surface area contributed by atoms with Gasteiger partial charge in [-0.25, -0.2) is 9.59 Å². The largest absolute Gasteiger partial charge is 0.460 e. The number of benzene rings is 2. The van der Waals surface area contributed by atoms with Crippen molar-refractivity contribution in [3.63, 3.8) is 0 Å². The molecule has 2 aromatic carbocycles. The van der Waals surface area contributed by atoms with Gasteiger partial charge in [0.2, 0.25) is 0 Å². The molecule has 0 spiro atoms. The second-order valence-electron chi connectivity index (χ2n) is 10.3. The van der Waals surface area contributed by atoms with E-state index in [1.54, 1.807) is 0 Å². The molecular formula is C35H49NO11. The van der Waals surface area contributed by atoms with Gasteiger partial charge in [0.25, 0.3) is 0 Å². The molecule has 47 heavy (non-hydrogen) atoms. The lowest BCUT2D eigenvalue weighted by Crippen LogP contribution is -2.27. The lowest BCUT2D eigenvalue weighted by atomic mass is 9.98. The highest BCUT2D eigenvalue weighted by Crippen LogP contribution is 2.44. The monoisotopic (exact) mass is 659 g/mol. The fourth-order valence-corrected chi connectivity index (χ4v) is 4.70. The highest BCUT2D eigenvalue weighted by molar-refractivity contribution is 5.81. The van der Waals surface area contributed by atoms with Gasteiger partial charge in [0.1, 0.15) is 13.2 Å². The van der Waals surface area contributed by atoms with Crippen LogP contribution in [0.5, 0.6) is 0 Å². The summed E-state index contributed by atoms with van der Waals surface area (Å²) in [7, 11) is 0. The van der Waals surface area contributed by atoms with Gasteiger partial charge in [0.05, 0.1) is 85.9 Å². The first-order chi connectivity index (χ1) is 23.2. The molecule has 0 unspecified atom stereocenters. The van der Waals surface area contributed by atoms with Gasteiger partial charge in [-0.15, -0.1) is 0 Å². The Morgan fingerprint density at radius 2 is 0.979 bits per heavy atom. The minimum Gasteiger partial charge on any atom is -0.460 e. The summed E-state index contributed by atoms with van der Waals surface area (Å²) in [5.41, 5.74) is 4.80. The first-order valence-electron chi connectivity index (χ1n) is 16.1. The predicted molar refractivity (Wildman–Crippen MR) is 175 cm³/mol. The van der Waals surface area contributed by atoms with Crippen molar-refractivity contribution in [2.45, 2.75) is 12.3 Å². The normalized spacial score (nSPS) is 12.0. The molecule has 0 heterocycles. The number of carbonyl (C=O) groups excluding carboxylic acids is 2. The maximum Gasteiger partial charge on any atom is 0.407 e. The second-order valence-corrected chi connectivity index (χ2v) is 10.3. The Bertz CT molecular complexity index is 1120. The molecule has 1 N–H and O–H groups in total. The van der Waals surface area contributed by atoms with Crippen LogP contribution in [0, 0.1) is 0 Å². The summed E-state index contributed by atoms with van der Waals surface area (Å²) < 4.78 is 48.4. The number of alkyl carbamates (subject to hydrolysis) is 1. The first-order valence-corrected chi connectivity index (χ1v) is 16.1. The quantitative estimate of drug-likeness (QED) is 0.0815. The van der Waals surface area contributed by atoms with Gasteiger partial charge in [-0.1, -0.05) is 55.1 Å². The van der Waals surface area contributed by atoms with Gasteiger partial charge in [-0.2, -0.15) is 0 Å². The lowest BCUT2D eigenvalue weighted by Gasteiger charge is -2.14. The minimum atomic E-state index is -0.462. The van der Waals surface area contributed by atoms with Crippen molar-refractivity contribution in [3.8, 4) is 11.1 Å². The molecule has 2 aromatic rings. The second kappa shape index (κ2) is 24.8. The molecule has 3 rings (SSSR count). The molecule has 0 fully saturated rings. The lowest BCUT2D eigenvalue weighted by molar-refractivity contribution is -0.139. The van der Waals surface area contributed by atoms with E-state index in [9.17, 15) is 9.59 Å². The van der Waals surface area contributed by atoms with Gasteiger partial charge in [0, 0.05) is 25.1 Å². The number of carbonyl (C=O) groups is 2. The average Bonchev–Trinajstić information content (AvgIpc) is 3.42. The van der Waals surface area contributed by atoms with Crippen LogP contribution in [-0.4, -0.2) is 124 Å². The molecule has 0 saturated heterocycles. The molecule has 0 bridgehead atoms. The first kappa shape index (κ1) is 38.1. The summed E-state index contributed by atoms with van der Waals surface area (Å²) in [6.45, 7) is 10.7. The Balaban J connectivity index is 1.00. The average molecular weight is 660 g/mol. The summed E-state index contributed by atoms with van der Waals surface area (Å²) in [6.07, 6.45) is 1.38. The Labute approximate surface area is 277 Å². The molecule has 1 aliphatic carbocycles. The number of hydrogen-bond donors (Lipinski definition) is 1. The number of nitrogens with one attached hydrogen (secondary N) is 1. The van der Waals surface area contributed by atoms with Gasteiger partial charge in [0.15, 0.2) is 0 Å². The Kier molecular flexibility index (Phi) is 20.1. The van der Waals surface area contributed by atoms with E-state index in [4.69, 9.17) is 42.6 Å². The van der Waals surface area contributed by atoms with E-state index in [-0.39, 0.29) is 12.5 Å². The van der Waals surface area contributed by atoms with Crippen LogP contribution >= 0.6 is 0 Å². The number of hydrogen-bond acceptors (Lipinski definition) is 11. The molecule has 0 radical (unpaired) electrons. The fraction of sp³-hybridized carbons (Fsp3) is 0.543. The highest BCUT2D eigenvalue weighted by atomic mass is 16.6. The van der Waals surface area contributed by atoms with Crippen molar-refractivity contribution in [3.05, 3.63) is 72.3 Å². The molecule has 1 amide bonds. The zero-order valence-corrected chi connectivity index (χ0v) is 27.2. The van der Waals surface area contributed by atoms with Crippen LogP contribution in [0.1, 0.15) is 23.5 Å². The number of amides is 1. The summed E-state index contributed by atoms with van der Waals surface area (Å²) in [5.74, 6) is -0.414. The van der Waals surface area contributed by atoms with E-state index in [1.165, 1.54) is 22.3 Å². The maximum absolute atomic E-state index is 12.2. The molecule has 0 aromatic heterocycles. The standard InChI is InChI=1S/C35H49NO11/c1-2-34(37)46-27-26-45-25-24-44-23-22-43-21-20-42-19-18-41-17-16-40-15-14-39-13-7-12-36-35(38)47-28-33-31-10-5-3-8-29(31)30-9-4-6-11-32(30)33/h2-6,8-11,33H,1,7,12-28H2,(H,36,38). The van der Waals surface area contributed by atoms with Crippen molar-refractivity contribution >= 4 is 12.1 Å². The molecule has 0 saturated carbocycles. The molecule has 260 valence electrons. The van der Waals surface area contributed by atoms with Crippen molar-refractivity contribution in [2.24, 2.45) is 0 Å². The third kappa shape index (κ3) is 15.9. The summed E-state index contributed by atoms with van der Waals surface area (Å²) in [4.78, 5) is 23.1. The maximum atomic E-state index is 12.2. The van der Waals surface area contributed by atoms with E-state index in [0.717, 1.165) is 6.08 Å². The Hall–Kier alpha value is -3.36. The Morgan fingerprint density at radius 3 is 1.43 bits per heavy atom. The number of fused-ring (bicyclic) bond motifs is 3. The van der Waals surface area contributed by atoms with Crippen molar-refractivity contribution < 1.29 is 52.2 Å². The van der Waals surface area contributed by atoms with Gasteiger partial charge < -0.3 is 47.9 Å². The minimum absolute atomic E-state index is 0.0484. The van der Waals surface area contributed by atoms with Crippen LogP contribution in [-0.2, 0) is 47.4 Å². The van der Waals surface area contributed by atoms with E-state index in [1.807, 2.05) is 24.3 Å². The summed E-state index contributed by atoms with van der Waals surface area (Å²) in [6, 6.07) is 16.5. The topological polar surface area (TPSA) is 129 Å². The van der Waals surface area contributed by atoms with Crippen molar-refractivity contribution in [1.82, 2.24) is 5.32 Å².